The highest BCUT2D eigenvalue weighted by atomic mass is 16.2. The molecule has 9 heteroatoms. The monoisotopic (exact) mass is 493 g/mol. The number of fused-ring (bicyclic) bond motifs is 1. The summed E-state index contributed by atoms with van der Waals surface area (Å²) in [6.45, 7) is 7.54. The maximum atomic E-state index is 13.7. The number of nitrogens with two attached hydrogens (primary N) is 2. The number of rotatable bonds is 14. The second kappa shape index (κ2) is 14.5. The number of hydrogen-bond donors (Lipinski definition) is 2. The van der Waals surface area contributed by atoms with Gasteiger partial charge in [-0.3, -0.25) is 24.1 Å². The lowest BCUT2D eigenvalue weighted by molar-refractivity contribution is -0.183. The van der Waals surface area contributed by atoms with Gasteiger partial charge >= 0.3 is 0 Å². The van der Waals surface area contributed by atoms with Gasteiger partial charge < -0.3 is 21.3 Å². The Hall–Kier alpha value is -2.00. The molecule has 35 heavy (non-hydrogen) atoms. The van der Waals surface area contributed by atoms with Crippen molar-refractivity contribution in [1.29, 1.82) is 0 Å². The molecule has 2 aliphatic rings. The number of carbonyl (C=O) groups is 4. The lowest BCUT2D eigenvalue weighted by atomic mass is 9.90. The maximum Gasteiger partial charge on any atom is 0.252 e. The SMILES string of the molecule is CCCCCC(=O)N1C[C@@H]2N(C(=O)CCCCN)C[C@@H](CCCCN)C(=O)N2[C@H](CC(C)C)C1=O. The van der Waals surface area contributed by atoms with Crippen LogP contribution in [0.4, 0.5) is 0 Å². The Kier molecular flexibility index (Phi) is 12.1. The van der Waals surface area contributed by atoms with Gasteiger partial charge in [0, 0.05) is 19.4 Å². The molecule has 0 bridgehead atoms. The van der Waals surface area contributed by atoms with Crippen molar-refractivity contribution in [3.8, 4) is 0 Å². The van der Waals surface area contributed by atoms with Gasteiger partial charge in [-0.25, -0.2) is 0 Å². The van der Waals surface area contributed by atoms with Gasteiger partial charge in [-0.1, -0.05) is 40.0 Å². The normalized spacial score (nSPS) is 22.7. The quantitative estimate of drug-likeness (QED) is 0.357. The molecule has 2 heterocycles. The van der Waals surface area contributed by atoms with E-state index in [1.165, 1.54) is 4.90 Å². The van der Waals surface area contributed by atoms with Gasteiger partial charge in [0.1, 0.15) is 12.2 Å². The molecule has 200 valence electrons. The van der Waals surface area contributed by atoms with Crippen LogP contribution in [-0.2, 0) is 19.2 Å². The van der Waals surface area contributed by atoms with Crippen LogP contribution >= 0.6 is 0 Å². The van der Waals surface area contributed by atoms with E-state index in [0.717, 1.165) is 38.5 Å². The first-order valence-electron chi connectivity index (χ1n) is 13.6. The molecule has 2 aliphatic heterocycles. The third kappa shape index (κ3) is 7.74. The van der Waals surface area contributed by atoms with E-state index in [2.05, 4.69) is 6.92 Å². The lowest BCUT2D eigenvalue weighted by Crippen LogP contribution is -2.73. The zero-order valence-electron chi connectivity index (χ0n) is 22.0. The third-order valence-electron chi connectivity index (χ3n) is 7.10. The molecule has 3 atom stereocenters. The molecule has 2 fully saturated rings. The summed E-state index contributed by atoms with van der Waals surface area (Å²) in [7, 11) is 0. The summed E-state index contributed by atoms with van der Waals surface area (Å²) in [4.78, 5) is 58.4. The minimum absolute atomic E-state index is 0.0409. The molecule has 0 aromatic carbocycles. The largest absolute Gasteiger partial charge is 0.330 e. The van der Waals surface area contributed by atoms with Crippen molar-refractivity contribution in [3.05, 3.63) is 0 Å². The second-order valence-corrected chi connectivity index (χ2v) is 10.4. The molecule has 0 aromatic heterocycles. The van der Waals surface area contributed by atoms with Crippen molar-refractivity contribution in [2.24, 2.45) is 23.3 Å². The van der Waals surface area contributed by atoms with Gasteiger partial charge in [-0.2, -0.15) is 0 Å². The van der Waals surface area contributed by atoms with E-state index in [-0.39, 0.29) is 42.0 Å². The fourth-order valence-corrected chi connectivity index (χ4v) is 5.17. The Morgan fingerprint density at radius 2 is 1.51 bits per heavy atom. The van der Waals surface area contributed by atoms with E-state index in [0.29, 0.717) is 51.7 Å². The van der Waals surface area contributed by atoms with E-state index in [9.17, 15) is 19.2 Å². The first-order chi connectivity index (χ1) is 16.8. The zero-order chi connectivity index (χ0) is 26.0. The number of hydrogen-bond acceptors (Lipinski definition) is 6. The van der Waals surface area contributed by atoms with Crippen molar-refractivity contribution in [1.82, 2.24) is 14.7 Å². The fourth-order valence-electron chi connectivity index (χ4n) is 5.17. The smallest absolute Gasteiger partial charge is 0.252 e. The van der Waals surface area contributed by atoms with Gasteiger partial charge in [0.15, 0.2) is 0 Å². The van der Waals surface area contributed by atoms with Gasteiger partial charge in [0.25, 0.3) is 5.91 Å². The van der Waals surface area contributed by atoms with Gasteiger partial charge in [-0.05, 0) is 57.5 Å². The van der Waals surface area contributed by atoms with Gasteiger partial charge in [-0.15, -0.1) is 0 Å². The van der Waals surface area contributed by atoms with Crippen molar-refractivity contribution < 1.29 is 19.2 Å². The van der Waals surface area contributed by atoms with E-state index >= 15 is 0 Å². The predicted molar refractivity (Wildman–Crippen MR) is 136 cm³/mol. The Labute approximate surface area is 210 Å². The third-order valence-corrected chi connectivity index (χ3v) is 7.10. The van der Waals surface area contributed by atoms with Crippen molar-refractivity contribution in [2.45, 2.75) is 104 Å². The Morgan fingerprint density at radius 3 is 2.14 bits per heavy atom. The maximum absolute atomic E-state index is 13.7. The molecule has 0 aliphatic carbocycles. The molecule has 0 radical (unpaired) electrons. The minimum atomic E-state index is -0.729. The van der Waals surface area contributed by atoms with Crippen LogP contribution in [-0.4, -0.2) is 76.7 Å². The first kappa shape index (κ1) is 29.2. The highest BCUT2D eigenvalue weighted by Crippen LogP contribution is 2.33. The molecule has 0 spiro atoms. The summed E-state index contributed by atoms with van der Waals surface area (Å²) in [5.74, 6) is -0.826. The molecule has 0 unspecified atom stereocenters. The Balaban J connectivity index is 2.37. The lowest BCUT2D eigenvalue weighted by Gasteiger charge is -2.54. The van der Waals surface area contributed by atoms with E-state index in [4.69, 9.17) is 11.5 Å². The topological polar surface area (TPSA) is 130 Å². The molecule has 4 N–H and O–H groups in total. The summed E-state index contributed by atoms with van der Waals surface area (Å²) in [5, 5.41) is 0. The van der Waals surface area contributed by atoms with Crippen molar-refractivity contribution in [2.75, 3.05) is 26.2 Å². The highest BCUT2D eigenvalue weighted by Gasteiger charge is 2.52. The molecular formula is C26H47N5O4. The molecular weight excluding hydrogens is 446 g/mol. The van der Waals surface area contributed by atoms with Crippen LogP contribution in [0.5, 0.6) is 0 Å². The molecule has 9 nitrogen and oxygen atoms in total. The Morgan fingerprint density at radius 1 is 0.886 bits per heavy atom. The van der Waals surface area contributed by atoms with Gasteiger partial charge in [0.2, 0.25) is 17.7 Å². The molecule has 4 amide bonds. The number of piperazine rings is 1. The summed E-state index contributed by atoms with van der Waals surface area (Å²) < 4.78 is 0. The first-order valence-corrected chi connectivity index (χ1v) is 13.6. The number of unbranched alkanes of at least 4 members (excludes halogenated alkanes) is 4. The van der Waals surface area contributed by atoms with Crippen LogP contribution in [0, 0.1) is 11.8 Å². The van der Waals surface area contributed by atoms with E-state index in [1.807, 2.05) is 13.8 Å². The van der Waals surface area contributed by atoms with Crippen molar-refractivity contribution in [3.63, 3.8) is 0 Å². The minimum Gasteiger partial charge on any atom is -0.330 e. The number of nitrogens with zero attached hydrogens (tertiary/aromatic N) is 3. The second-order valence-electron chi connectivity index (χ2n) is 10.4. The van der Waals surface area contributed by atoms with Crippen LogP contribution in [0.15, 0.2) is 0 Å². The predicted octanol–water partition coefficient (Wildman–Crippen LogP) is 2.22. The summed E-state index contributed by atoms with van der Waals surface area (Å²) >= 11 is 0. The fraction of sp³-hybridized carbons (Fsp3) is 0.846. The Bertz CT molecular complexity index is 729. The zero-order valence-corrected chi connectivity index (χ0v) is 22.0. The van der Waals surface area contributed by atoms with Crippen LogP contribution in [0.2, 0.25) is 0 Å². The number of carbonyl (C=O) groups excluding carboxylic acids is 4. The van der Waals surface area contributed by atoms with Crippen LogP contribution in [0.3, 0.4) is 0 Å². The van der Waals surface area contributed by atoms with E-state index < -0.39 is 12.2 Å². The molecule has 2 rings (SSSR count). The average molecular weight is 494 g/mol. The molecule has 0 aromatic rings. The summed E-state index contributed by atoms with van der Waals surface area (Å²) in [6, 6.07) is -0.729. The van der Waals surface area contributed by atoms with Crippen LogP contribution in [0.1, 0.15) is 91.4 Å². The average Bonchev–Trinajstić information content (AvgIpc) is 2.81. The van der Waals surface area contributed by atoms with Crippen LogP contribution in [0.25, 0.3) is 0 Å². The molecule has 2 saturated heterocycles. The summed E-state index contributed by atoms with van der Waals surface area (Å²) in [6.07, 6.45) is 6.82. The standard InChI is InChI=1S/C26H47N5O4/c1-4-5-6-12-24(33)30-18-22-29(23(32)13-8-10-15-28)17-20(11-7-9-14-27)25(34)31(22)21(26(30)35)16-19(2)3/h19-22H,4-18,27-28H2,1-3H3/t20-,21-,22-/m1/s1. The number of amides is 4. The van der Waals surface area contributed by atoms with Gasteiger partial charge in [0.05, 0.1) is 12.5 Å². The molecule has 0 saturated carbocycles. The van der Waals surface area contributed by atoms with Crippen molar-refractivity contribution >= 4 is 23.6 Å². The van der Waals surface area contributed by atoms with Crippen LogP contribution < -0.4 is 11.5 Å². The highest BCUT2D eigenvalue weighted by molar-refractivity contribution is 6.01. The number of imide groups is 1. The summed E-state index contributed by atoms with van der Waals surface area (Å²) in [5.41, 5.74) is 11.3. The van der Waals surface area contributed by atoms with E-state index in [1.54, 1.807) is 9.80 Å².